The number of rotatable bonds is 10. The summed E-state index contributed by atoms with van der Waals surface area (Å²) in [5, 5.41) is 4.74. The van der Waals surface area contributed by atoms with E-state index >= 15 is 0 Å². The Hall–Kier alpha value is -9.52. The molecule has 0 radical (unpaired) electrons. The average Bonchev–Trinajstić information content (AvgIpc) is 4.02. The van der Waals surface area contributed by atoms with Crippen LogP contribution >= 0.6 is 0 Å². The predicted molar refractivity (Wildman–Crippen MR) is 291 cm³/mol. The van der Waals surface area contributed by atoms with Crippen LogP contribution in [0.15, 0.2) is 267 Å². The van der Waals surface area contributed by atoms with E-state index in [1.54, 1.807) is 0 Å². The average molecular weight is 897 g/mol. The van der Waals surface area contributed by atoms with E-state index in [2.05, 4.69) is 262 Å². The Bertz CT molecular complexity index is 3710. The standard InChI is InChI=1S/C64H44N6/c1-5-17-49(18-6-1)67(53-35-31-45(32-36-53)63-65-59-25-13-15-27-61(59)69(63)51-21-9-3-10-22-51)55-39-41-57-47(43-55)29-30-48-44-56(40-42-58(48)57)68(50-19-7-2-8-20-50)54-37-33-46(34-38-54)64-66-60-26-14-16-28-62(60)70(64)52-23-11-4-12-24-52/h1-44H. The lowest BCUT2D eigenvalue weighted by atomic mass is 10.00. The first kappa shape index (κ1) is 40.7. The molecule has 0 amide bonds. The van der Waals surface area contributed by atoms with Crippen LogP contribution in [0.5, 0.6) is 0 Å². The quantitative estimate of drug-likeness (QED) is 0.128. The normalized spacial score (nSPS) is 11.4. The Kier molecular flexibility index (Phi) is 10.1. The lowest BCUT2D eigenvalue weighted by Gasteiger charge is -2.27. The Morgan fingerprint density at radius 2 is 0.600 bits per heavy atom. The first-order valence-electron chi connectivity index (χ1n) is 23.7. The zero-order valence-corrected chi connectivity index (χ0v) is 38.1. The topological polar surface area (TPSA) is 42.1 Å². The van der Waals surface area contributed by atoms with Crippen LogP contribution in [0.25, 0.3) is 77.8 Å². The maximum Gasteiger partial charge on any atom is 0.145 e. The smallest absolute Gasteiger partial charge is 0.145 e. The van der Waals surface area contributed by atoms with Gasteiger partial charge in [0.15, 0.2) is 0 Å². The lowest BCUT2D eigenvalue weighted by Crippen LogP contribution is -2.10. The summed E-state index contributed by atoms with van der Waals surface area (Å²) in [5.74, 6) is 1.82. The molecule has 70 heavy (non-hydrogen) atoms. The highest BCUT2D eigenvalue weighted by Crippen LogP contribution is 2.42. The van der Waals surface area contributed by atoms with Gasteiger partial charge in [0, 0.05) is 56.6 Å². The van der Waals surface area contributed by atoms with Gasteiger partial charge in [-0.15, -0.1) is 0 Å². The molecule has 0 N–H and O–H groups in total. The predicted octanol–water partition coefficient (Wildman–Crippen LogP) is 16.9. The van der Waals surface area contributed by atoms with Crippen LogP contribution in [0.1, 0.15) is 0 Å². The molecule has 0 aliphatic carbocycles. The third-order valence-corrected chi connectivity index (χ3v) is 13.3. The number of para-hydroxylation sites is 8. The summed E-state index contributed by atoms with van der Waals surface area (Å²) in [7, 11) is 0. The lowest BCUT2D eigenvalue weighted by molar-refractivity contribution is 1.10. The van der Waals surface area contributed by atoms with E-state index in [9.17, 15) is 0 Å². The van der Waals surface area contributed by atoms with E-state index in [1.807, 2.05) is 24.3 Å². The molecule has 6 nitrogen and oxygen atoms in total. The number of aromatic nitrogens is 4. The van der Waals surface area contributed by atoms with Crippen LogP contribution in [0.2, 0.25) is 0 Å². The van der Waals surface area contributed by atoms with Crippen molar-refractivity contribution in [3.63, 3.8) is 0 Å². The molecule has 0 unspecified atom stereocenters. The van der Waals surface area contributed by atoms with Crippen LogP contribution in [0, 0.1) is 0 Å². The van der Waals surface area contributed by atoms with Gasteiger partial charge in [-0.25, -0.2) is 9.97 Å². The fourth-order valence-electron chi connectivity index (χ4n) is 10.0. The Morgan fingerprint density at radius 1 is 0.271 bits per heavy atom. The van der Waals surface area contributed by atoms with Crippen LogP contribution < -0.4 is 9.80 Å². The van der Waals surface area contributed by atoms with Crippen molar-refractivity contribution in [1.29, 1.82) is 0 Å². The molecule has 13 rings (SSSR count). The molecule has 0 aliphatic heterocycles. The van der Waals surface area contributed by atoms with Gasteiger partial charge in [0.05, 0.1) is 22.1 Å². The highest BCUT2D eigenvalue weighted by Gasteiger charge is 2.20. The molecule has 0 saturated carbocycles. The van der Waals surface area contributed by atoms with Crippen molar-refractivity contribution in [3.05, 3.63) is 267 Å². The summed E-state index contributed by atoms with van der Waals surface area (Å²) < 4.78 is 4.50. The van der Waals surface area contributed by atoms with E-state index in [0.29, 0.717) is 0 Å². The zero-order valence-electron chi connectivity index (χ0n) is 38.1. The van der Waals surface area contributed by atoms with Gasteiger partial charge in [0.2, 0.25) is 0 Å². The zero-order chi connectivity index (χ0) is 46.4. The largest absolute Gasteiger partial charge is 0.310 e. The number of hydrogen-bond donors (Lipinski definition) is 0. The SMILES string of the molecule is c1ccc(N(c2ccc(-c3nc4ccccc4n3-c3ccccc3)cc2)c2ccc3c(ccc4cc(N(c5ccccc5)c5ccc(-c6nc7ccccc7n6-c6ccccc6)cc5)ccc43)c2)cc1. The van der Waals surface area contributed by atoms with Gasteiger partial charge in [0.25, 0.3) is 0 Å². The minimum Gasteiger partial charge on any atom is -0.310 e. The number of anilines is 6. The molecule has 0 atom stereocenters. The van der Waals surface area contributed by atoms with Crippen molar-refractivity contribution in [2.24, 2.45) is 0 Å². The molecule has 0 spiro atoms. The molecule has 0 fully saturated rings. The van der Waals surface area contributed by atoms with Crippen LogP contribution in [-0.2, 0) is 0 Å². The van der Waals surface area contributed by atoms with Crippen molar-refractivity contribution < 1.29 is 0 Å². The summed E-state index contributed by atoms with van der Waals surface area (Å²) in [6.45, 7) is 0. The van der Waals surface area contributed by atoms with Gasteiger partial charge in [-0.3, -0.25) is 9.13 Å². The number of nitrogens with zero attached hydrogens (tertiary/aromatic N) is 6. The molecule has 11 aromatic carbocycles. The van der Waals surface area contributed by atoms with Gasteiger partial charge in [-0.05, 0) is 167 Å². The molecular weight excluding hydrogens is 853 g/mol. The van der Waals surface area contributed by atoms with E-state index in [1.165, 1.54) is 21.5 Å². The molecule has 2 heterocycles. The molecule has 0 saturated heterocycles. The second-order valence-electron chi connectivity index (χ2n) is 17.5. The monoisotopic (exact) mass is 896 g/mol. The first-order chi connectivity index (χ1) is 34.7. The van der Waals surface area contributed by atoms with Crippen molar-refractivity contribution in [1.82, 2.24) is 19.1 Å². The Morgan fingerprint density at radius 3 is 1.00 bits per heavy atom. The number of benzene rings is 11. The Balaban J connectivity index is 0.850. The van der Waals surface area contributed by atoms with E-state index < -0.39 is 0 Å². The summed E-state index contributed by atoms with van der Waals surface area (Å²) in [4.78, 5) is 14.9. The van der Waals surface area contributed by atoms with Crippen molar-refractivity contribution in [3.8, 4) is 34.2 Å². The number of hydrogen-bond acceptors (Lipinski definition) is 4. The molecule has 2 aromatic heterocycles. The minimum absolute atomic E-state index is 0.910. The van der Waals surface area contributed by atoms with Gasteiger partial charge in [0.1, 0.15) is 11.6 Å². The van der Waals surface area contributed by atoms with Crippen molar-refractivity contribution in [2.45, 2.75) is 0 Å². The maximum atomic E-state index is 5.13. The number of imidazole rings is 2. The molecule has 0 bridgehead atoms. The summed E-state index contributed by atoms with van der Waals surface area (Å²) in [5.41, 5.74) is 14.8. The maximum absolute atomic E-state index is 5.13. The fraction of sp³-hybridized carbons (Fsp3) is 0. The fourth-order valence-corrected chi connectivity index (χ4v) is 10.0. The molecular formula is C64H44N6. The van der Waals surface area contributed by atoms with Crippen molar-refractivity contribution >= 4 is 77.7 Å². The minimum atomic E-state index is 0.910. The van der Waals surface area contributed by atoms with Gasteiger partial charge in [-0.2, -0.15) is 0 Å². The molecule has 13 aromatic rings. The van der Waals surface area contributed by atoms with E-state index in [0.717, 1.165) is 90.3 Å². The second kappa shape index (κ2) is 17.3. The summed E-state index contributed by atoms with van der Waals surface area (Å²) in [6.07, 6.45) is 0. The van der Waals surface area contributed by atoms with Crippen LogP contribution in [-0.4, -0.2) is 19.1 Å². The summed E-state index contributed by atoms with van der Waals surface area (Å²) in [6, 6.07) is 94.6. The van der Waals surface area contributed by atoms with Crippen LogP contribution in [0.3, 0.4) is 0 Å². The molecule has 0 aliphatic rings. The van der Waals surface area contributed by atoms with Gasteiger partial charge < -0.3 is 9.80 Å². The van der Waals surface area contributed by atoms with Crippen molar-refractivity contribution in [2.75, 3.05) is 9.80 Å². The Labute approximate surface area is 405 Å². The molecule has 330 valence electrons. The molecule has 6 heteroatoms. The van der Waals surface area contributed by atoms with Gasteiger partial charge in [-0.1, -0.05) is 121 Å². The second-order valence-corrected chi connectivity index (χ2v) is 17.5. The van der Waals surface area contributed by atoms with Crippen LogP contribution in [0.4, 0.5) is 34.1 Å². The third kappa shape index (κ3) is 7.23. The van der Waals surface area contributed by atoms with E-state index in [4.69, 9.17) is 9.97 Å². The van der Waals surface area contributed by atoms with E-state index in [-0.39, 0.29) is 0 Å². The highest BCUT2D eigenvalue weighted by atomic mass is 15.2. The van der Waals surface area contributed by atoms with Gasteiger partial charge >= 0.3 is 0 Å². The number of fused-ring (bicyclic) bond motifs is 5. The third-order valence-electron chi connectivity index (χ3n) is 13.3. The summed E-state index contributed by atoms with van der Waals surface area (Å²) >= 11 is 0. The first-order valence-corrected chi connectivity index (χ1v) is 23.7. The highest BCUT2D eigenvalue weighted by molar-refractivity contribution is 6.10.